The quantitative estimate of drug-likeness (QED) is 0.663. The fraction of sp³-hybridized carbons (Fsp3) is 0.200. The summed E-state index contributed by atoms with van der Waals surface area (Å²) in [5, 5.41) is 0.557. The molecule has 0 bridgehead atoms. The smallest absolute Gasteiger partial charge is 0.346 e. The molecule has 0 spiro atoms. The molecule has 0 radical (unpaired) electrons. The zero-order chi connectivity index (χ0) is 9.26. The third-order valence-electron chi connectivity index (χ3n) is 2.04. The molecule has 3 nitrogen and oxygen atoms in total. The molecule has 2 aromatic rings. The molecule has 0 saturated carbocycles. The van der Waals surface area contributed by atoms with Crippen LogP contribution in [0.5, 0.6) is 0 Å². The highest BCUT2D eigenvalue weighted by Crippen LogP contribution is 2.09. The molecule has 0 aliphatic rings. The minimum Gasteiger partial charge on any atom is -0.411 e. The van der Waals surface area contributed by atoms with Crippen LogP contribution in [0.2, 0.25) is 0 Å². The highest BCUT2D eigenvalue weighted by Gasteiger charge is 2.00. The molecule has 1 aromatic carbocycles. The summed E-state index contributed by atoms with van der Waals surface area (Å²) in [7, 11) is 0. The number of hydrogen-bond donors (Lipinski definition) is 0. The maximum Gasteiger partial charge on any atom is 0.346 e. The van der Waals surface area contributed by atoms with E-state index in [9.17, 15) is 4.79 Å². The molecule has 1 heterocycles. The molecule has 0 fully saturated rings. The molecule has 0 amide bonds. The minimum absolute atomic E-state index is 0.319. The Bertz CT molecular complexity index is 487. The van der Waals surface area contributed by atoms with Gasteiger partial charge in [0.05, 0.1) is 10.9 Å². The Morgan fingerprint density at radius 3 is 3.08 bits per heavy atom. The number of nitrogens with zero attached hydrogens (tertiary/aromatic N) is 1. The van der Waals surface area contributed by atoms with Gasteiger partial charge in [-0.2, -0.15) is 0 Å². The van der Waals surface area contributed by atoms with Gasteiger partial charge in [0.25, 0.3) is 0 Å². The van der Waals surface area contributed by atoms with Gasteiger partial charge in [-0.15, -0.1) is 0 Å². The fourth-order valence-corrected chi connectivity index (χ4v) is 1.27. The lowest BCUT2D eigenvalue weighted by Gasteiger charge is -1.97. The van der Waals surface area contributed by atoms with Gasteiger partial charge in [0, 0.05) is 0 Å². The topological polar surface area (TPSA) is 43.1 Å². The second-order valence-electron chi connectivity index (χ2n) is 2.84. The molecule has 0 aliphatic carbocycles. The Balaban J connectivity index is 2.82. The van der Waals surface area contributed by atoms with E-state index in [1.807, 2.05) is 25.1 Å². The van der Waals surface area contributed by atoms with Crippen LogP contribution in [0.25, 0.3) is 10.9 Å². The van der Waals surface area contributed by atoms with Gasteiger partial charge in [-0.25, -0.2) is 9.78 Å². The molecule has 0 unspecified atom stereocenters. The number of hydrogen-bond acceptors (Lipinski definition) is 3. The van der Waals surface area contributed by atoms with Crippen molar-refractivity contribution in [1.82, 2.24) is 4.98 Å². The summed E-state index contributed by atoms with van der Waals surface area (Å²) in [6.07, 6.45) is 2.08. The van der Waals surface area contributed by atoms with E-state index < -0.39 is 0 Å². The predicted molar refractivity (Wildman–Crippen MR) is 49.7 cm³/mol. The Morgan fingerprint density at radius 2 is 2.31 bits per heavy atom. The van der Waals surface area contributed by atoms with Crippen molar-refractivity contribution in [1.29, 1.82) is 0 Å². The van der Waals surface area contributed by atoms with Gasteiger partial charge in [0.1, 0.15) is 0 Å². The first kappa shape index (κ1) is 7.98. The molecule has 13 heavy (non-hydrogen) atoms. The summed E-state index contributed by atoms with van der Waals surface area (Å²) in [5.74, 6) is 0. The zero-order valence-corrected chi connectivity index (χ0v) is 7.28. The number of aryl methyl sites for hydroxylation is 1. The van der Waals surface area contributed by atoms with E-state index in [-0.39, 0.29) is 5.63 Å². The number of rotatable bonds is 1. The van der Waals surface area contributed by atoms with Crippen LogP contribution in [-0.4, -0.2) is 4.98 Å². The highest BCUT2D eigenvalue weighted by molar-refractivity contribution is 5.77. The first-order chi connectivity index (χ1) is 6.31. The third kappa shape index (κ3) is 1.33. The third-order valence-corrected chi connectivity index (χ3v) is 2.04. The van der Waals surface area contributed by atoms with Crippen LogP contribution in [0.15, 0.2) is 33.8 Å². The lowest BCUT2D eigenvalue weighted by molar-refractivity contribution is 0.501. The largest absolute Gasteiger partial charge is 0.411 e. The normalized spacial score (nSPS) is 10.5. The molecular formula is C10H9NO2. The van der Waals surface area contributed by atoms with Gasteiger partial charge in [0.2, 0.25) is 0 Å². The van der Waals surface area contributed by atoms with Crippen molar-refractivity contribution < 1.29 is 4.42 Å². The Labute approximate surface area is 75.0 Å². The van der Waals surface area contributed by atoms with E-state index in [0.29, 0.717) is 10.9 Å². The van der Waals surface area contributed by atoms with E-state index in [0.717, 1.165) is 12.0 Å². The second-order valence-corrected chi connectivity index (χ2v) is 2.84. The average Bonchev–Trinajstić information content (AvgIpc) is 2.18. The van der Waals surface area contributed by atoms with Crippen LogP contribution in [0.3, 0.4) is 0 Å². The summed E-state index contributed by atoms with van der Waals surface area (Å²) in [6, 6.07) is 5.63. The number of fused-ring (bicyclic) bond motifs is 1. The molecule has 1 aromatic heterocycles. The number of aromatic nitrogens is 1. The van der Waals surface area contributed by atoms with Gasteiger partial charge in [-0.05, 0) is 24.1 Å². The molecule has 3 heteroatoms. The Morgan fingerprint density at radius 1 is 1.46 bits per heavy atom. The molecule has 66 valence electrons. The van der Waals surface area contributed by atoms with Gasteiger partial charge in [-0.3, -0.25) is 0 Å². The van der Waals surface area contributed by atoms with Crippen LogP contribution in [0.1, 0.15) is 12.5 Å². The van der Waals surface area contributed by atoms with E-state index in [4.69, 9.17) is 0 Å². The summed E-state index contributed by atoms with van der Waals surface area (Å²) in [5.41, 5.74) is 1.49. The van der Waals surface area contributed by atoms with Crippen molar-refractivity contribution in [2.45, 2.75) is 13.3 Å². The maximum atomic E-state index is 11.2. The summed E-state index contributed by atoms with van der Waals surface area (Å²) in [4.78, 5) is 15.2. The van der Waals surface area contributed by atoms with Gasteiger partial charge in [-0.1, -0.05) is 13.0 Å². The first-order valence-corrected chi connectivity index (χ1v) is 4.17. The van der Waals surface area contributed by atoms with E-state index >= 15 is 0 Å². The maximum absolute atomic E-state index is 11.2. The molecule has 0 saturated heterocycles. The molecule has 0 aliphatic heterocycles. The van der Waals surface area contributed by atoms with Crippen LogP contribution in [-0.2, 0) is 6.42 Å². The summed E-state index contributed by atoms with van der Waals surface area (Å²) >= 11 is 0. The van der Waals surface area contributed by atoms with Crippen molar-refractivity contribution in [2.24, 2.45) is 0 Å². The standard InChI is InChI=1S/C10H9NO2/c1-2-7-3-4-9-8(5-7)10(12)13-6-11-9/h3-6H,2H2,1H3. The number of benzene rings is 1. The second kappa shape index (κ2) is 3.01. The van der Waals surface area contributed by atoms with Gasteiger partial charge >= 0.3 is 5.63 Å². The zero-order valence-electron chi connectivity index (χ0n) is 7.28. The van der Waals surface area contributed by atoms with Crippen molar-refractivity contribution in [2.75, 3.05) is 0 Å². The SMILES string of the molecule is CCc1ccc2ncoc(=O)c2c1. The van der Waals surface area contributed by atoms with Gasteiger partial charge in [0.15, 0.2) is 6.39 Å². The van der Waals surface area contributed by atoms with Crippen LogP contribution >= 0.6 is 0 Å². The van der Waals surface area contributed by atoms with Crippen LogP contribution in [0, 0.1) is 0 Å². The molecular weight excluding hydrogens is 166 g/mol. The van der Waals surface area contributed by atoms with E-state index in [1.165, 1.54) is 6.39 Å². The van der Waals surface area contributed by atoms with Crippen molar-refractivity contribution in [3.05, 3.63) is 40.6 Å². The predicted octanol–water partition coefficient (Wildman–Crippen LogP) is 1.75. The monoisotopic (exact) mass is 175 g/mol. The van der Waals surface area contributed by atoms with E-state index in [1.54, 1.807) is 0 Å². The molecule has 0 N–H and O–H groups in total. The lowest BCUT2D eigenvalue weighted by atomic mass is 10.1. The summed E-state index contributed by atoms with van der Waals surface area (Å²) < 4.78 is 4.67. The van der Waals surface area contributed by atoms with Crippen LogP contribution < -0.4 is 5.63 Å². The van der Waals surface area contributed by atoms with Crippen molar-refractivity contribution >= 4 is 10.9 Å². The van der Waals surface area contributed by atoms with Gasteiger partial charge < -0.3 is 4.42 Å². The highest BCUT2D eigenvalue weighted by atomic mass is 16.4. The Hall–Kier alpha value is -1.64. The molecule has 0 atom stereocenters. The lowest BCUT2D eigenvalue weighted by Crippen LogP contribution is -2.00. The first-order valence-electron chi connectivity index (χ1n) is 4.17. The van der Waals surface area contributed by atoms with Crippen LogP contribution in [0.4, 0.5) is 0 Å². The van der Waals surface area contributed by atoms with Crippen molar-refractivity contribution in [3.63, 3.8) is 0 Å². The van der Waals surface area contributed by atoms with Crippen molar-refractivity contribution in [3.8, 4) is 0 Å². The molecule has 2 rings (SSSR count). The minimum atomic E-state index is -0.319. The Kier molecular flexibility index (Phi) is 1.85. The average molecular weight is 175 g/mol. The van der Waals surface area contributed by atoms with E-state index in [2.05, 4.69) is 9.40 Å². The fourth-order valence-electron chi connectivity index (χ4n) is 1.27. The summed E-state index contributed by atoms with van der Waals surface area (Å²) in [6.45, 7) is 2.04.